The number of nitrogens with zero attached hydrogens (tertiary/aromatic N) is 4. The topological polar surface area (TPSA) is 114 Å². The molecule has 10 nitrogen and oxygen atoms in total. The highest BCUT2D eigenvalue weighted by Crippen LogP contribution is 2.30. The molecule has 4 amide bonds. The standard InChI is InChI=1S/C32H31F2N5O5/c1-2-14-37-20-29(40)38-27(15-21-8-10-23(11-9-21)31(42)43)30(41)36(18-24-12-13-25(33)16-26(24)34)19-28(38)39(37)32(44)35-17-22-6-4-3-5-7-22/h2-13,16,27-28H,1,14-15,17-20H2,(H,35,44)(H,42,43)/t27-,28-/m0/s1. The van der Waals surface area contributed by atoms with Gasteiger partial charge in [-0.3, -0.25) is 9.59 Å². The molecule has 2 heterocycles. The van der Waals surface area contributed by atoms with Gasteiger partial charge in [0.1, 0.15) is 23.8 Å². The van der Waals surface area contributed by atoms with E-state index < -0.39 is 47.7 Å². The Morgan fingerprint density at radius 2 is 1.73 bits per heavy atom. The molecule has 2 saturated heterocycles. The third kappa shape index (κ3) is 6.45. The van der Waals surface area contributed by atoms with Gasteiger partial charge in [0.2, 0.25) is 11.8 Å². The van der Waals surface area contributed by atoms with E-state index in [2.05, 4.69) is 11.9 Å². The molecule has 228 valence electrons. The molecule has 2 aliphatic rings. The zero-order valence-corrected chi connectivity index (χ0v) is 23.7. The van der Waals surface area contributed by atoms with E-state index in [-0.39, 0.29) is 50.3 Å². The molecular weight excluding hydrogens is 572 g/mol. The highest BCUT2D eigenvalue weighted by Gasteiger charge is 2.51. The van der Waals surface area contributed by atoms with Crippen LogP contribution < -0.4 is 5.32 Å². The van der Waals surface area contributed by atoms with Crippen molar-refractivity contribution in [2.24, 2.45) is 0 Å². The summed E-state index contributed by atoms with van der Waals surface area (Å²) in [5, 5.41) is 15.1. The Kier molecular flexibility index (Phi) is 9.00. The van der Waals surface area contributed by atoms with E-state index in [0.717, 1.165) is 17.7 Å². The molecule has 3 aromatic carbocycles. The Balaban J connectivity index is 1.51. The lowest BCUT2D eigenvalue weighted by molar-refractivity contribution is -0.189. The summed E-state index contributed by atoms with van der Waals surface area (Å²) in [5.74, 6) is -3.57. The predicted octanol–water partition coefficient (Wildman–Crippen LogP) is 3.40. The lowest BCUT2D eigenvalue weighted by Crippen LogP contribution is -2.76. The van der Waals surface area contributed by atoms with E-state index in [0.29, 0.717) is 5.56 Å². The zero-order chi connectivity index (χ0) is 31.4. The van der Waals surface area contributed by atoms with Crippen molar-refractivity contribution in [3.8, 4) is 0 Å². The number of hydrazine groups is 1. The summed E-state index contributed by atoms with van der Waals surface area (Å²) in [5.41, 5.74) is 1.58. The molecule has 0 aliphatic carbocycles. The first-order valence-corrected chi connectivity index (χ1v) is 14.0. The lowest BCUT2D eigenvalue weighted by atomic mass is 9.97. The zero-order valence-electron chi connectivity index (χ0n) is 23.7. The normalized spacial score (nSPS) is 18.6. The second-order valence-corrected chi connectivity index (χ2v) is 10.6. The van der Waals surface area contributed by atoms with E-state index in [1.807, 2.05) is 30.3 Å². The van der Waals surface area contributed by atoms with Crippen LogP contribution in [0.15, 0.2) is 85.5 Å². The molecule has 2 atom stereocenters. The number of carbonyl (C=O) groups excluding carboxylic acids is 3. The number of aromatic carboxylic acids is 1. The Morgan fingerprint density at radius 3 is 2.39 bits per heavy atom. The van der Waals surface area contributed by atoms with Gasteiger partial charge in [0, 0.05) is 37.7 Å². The van der Waals surface area contributed by atoms with Gasteiger partial charge in [-0.05, 0) is 29.3 Å². The third-order valence-corrected chi connectivity index (χ3v) is 7.67. The van der Waals surface area contributed by atoms with Gasteiger partial charge in [0.15, 0.2) is 0 Å². The molecule has 2 aliphatic heterocycles. The number of piperazine rings is 1. The first kappa shape index (κ1) is 30.4. The van der Waals surface area contributed by atoms with Gasteiger partial charge in [-0.25, -0.2) is 28.4 Å². The molecular formula is C32H31F2N5O5. The number of hydrogen-bond acceptors (Lipinski definition) is 5. The number of urea groups is 1. The van der Waals surface area contributed by atoms with E-state index in [1.165, 1.54) is 33.0 Å². The molecule has 0 unspecified atom stereocenters. The Labute approximate surface area is 252 Å². The van der Waals surface area contributed by atoms with Crippen molar-refractivity contribution >= 4 is 23.8 Å². The summed E-state index contributed by atoms with van der Waals surface area (Å²) in [6.07, 6.45) is 0.614. The Hall–Kier alpha value is -5.10. The molecule has 0 aromatic heterocycles. The van der Waals surface area contributed by atoms with Crippen molar-refractivity contribution in [1.29, 1.82) is 0 Å². The Bertz CT molecular complexity index is 1570. The summed E-state index contributed by atoms with van der Waals surface area (Å²) in [7, 11) is 0. The monoisotopic (exact) mass is 603 g/mol. The summed E-state index contributed by atoms with van der Waals surface area (Å²) < 4.78 is 28.4. The van der Waals surface area contributed by atoms with Crippen molar-refractivity contribution in [2.75, 3.05) is 19.6 Å². The van der Waals surface area contributed by atoms with E-state index in [1.54, 1.807) is 23.2 Å². The molecule has 3 aromatic rings. The fourth-order valence-electron chi connectivity index (χ4n) is 5.56. The molecule has 44 heavy (non-hydrogen) atoms. The largest absolute Gasteiger partial charge is 0.478 e. The molecule has 0 radical (unpaired) electrons. The summed E-state index contributed by atoms with van der Waals surface area (Å²) in [6, 6.07) is 16.7. The maximum Gasteiger partial charge on any atom is 0.335 e. The average Bonchev–Trinajstić information content (AvgIpc) is 3.00. The van der Waals surface area contributed by atoms with E-state index in [9.17, 15) is 33.1 Å². The lowest BCUT2D eigenvalue weighted by Gasteiger charge is -2.55. The summed E-state index contributed by atoms with van der Waals surface area (Å²) >= 11 is 0. The van der Waals surface area contributed by atoms with Crippen LogP contribution in [0.5, 0.6) is 0 Å². The van der Waals surface area contributed by atoms with E-state index >= 15 is 0 Å². The number of nitrogens with one attached hydrogen (secondary N) is 1. The molecule has 0 spiro atoms. The number of halogens is 2. The molecule has 5 rings (SSSR count). The van der Waals surface area contributed by atoms with Crippen LogP contribution in [0, 0.1) is 11.6 Å². The smallest absolute Gasteiger partial charge is 0.335 e. The van der Waals surface area contributed by atoms with Crippen LogP contribution in [0.1, 0.15) is 27.0 Å². The minimum atomic E-state index is -1.11. The first-order valence-electron chi connectivity index (χ1n) is 14.0. The second kappa shape index (κ2) is 13.0. The van der Waals surface area contributed by atoms with Crippen molar-refractivity contribution < 1.29 is 33.1 Å². The second-order valence-electron chi connectivity index (χ2n) is 10.6. The minimum absolute atomic E-state index is 0.0182. The van der Waals surface area contributed by atoms with Gasteiger partial charge >= 0.3 is 12.0 Å². The SMILES string of the molecule is C=CCN1CC(=O)N2[C@@H](Cc3ccc(C(=O)O)cc3)C(=O)N(Cc3ccc(F)cc3F)C[C@@H]2N1C(=O)NCc1ccccc1. The van der Waals surface area contributed by atoms with Gasteiger partial charge in [-0.15, -0.1) is 6.58 Å². The van der Waals surface area contributed by atoms with Gasteiger partial charge in [0.05, 0.1) is 18.7 Å². The first-order chi connectivity index (χ1) is 21.2. The van der Waals surface area contributed by atoms with Gasteiger partial charge in [0.25, 0.3) is 0 Å². The van der Waals surface area contributed by atoms with Crippen LogP contribution in [0.3, 0.4) is 0 Å². The quantitative estimate of drug-likeness (QED) is 0.363. The summed E-state index contributed by atoms with van der Waals surface area (Å²) in [6.45, 7) is 3.57. The molecule has 0 saturated carbocycles. The van der Waals surface area contributed by atoms with Gasteiger partial charge in [-0.1, -0.05) is 54.6 Å². The number of hydrogen-bond donors (Lipinski definition) is 2. The number of benzene rings is 3. The maximum absolute atomic E-state index is 14.7. The van der Waals surface area contributed by atoms with Crippen LogP contribution in [0.2, 0.25) is 0 Å². The highest BCUT2D eigenvalue weighted by molar-refractivity contribution is 5.92. The van der Waals surface area contributed by atoms with Crippen molar-refractivity contribution in [3.05, 3.63) is 119 Å². The minimum Gasteiger partial charge on any atom is -0.478 e. The molecule has 2 fully saturated rings. The Morgan fingerprint density at radius 1 is 1.00 bits per heavy atom. The van der Waals surface area contributed by atoms with Crippen LogP contribution in [0.25, 0.3) is 0 Å². The van der Waals surface area contributed by atoms with Crippen molar-refractivity contribution in [3.63, 3.8) is 0 Å². The van der Waals surface area contributed by atoms with Crippen molar-refractivity contribution in [2.45, 2.75) is 31.7 Å². The molecule has 0 bridgehead atoms. The number of carboxylic acid groups (broad SMARTS) is 1. The maximum atomic E-state index is 14.7. The number of fused-ring (bicyclic) bond motifs is 1. The van der Waals surface area contributed by atoms with Crippen LogP contribution in [0.4, 0.5) is 13.6 Å². The van der Waals surface area contributed by atoms with Crippen LogP contribution in [-0.4, -0.2) is 80.6 Å². The van der Waals surface area contributed by atoms with Crippen molar-refractivity contribution in [1.82, 2.24) is 25.1 Å². The van der Waals surface area contributed by atoms with Gasteiger partial charge in [-0.2, -0.15) is 0 Å². The van der Waals surface area contributed by atoms with Gasteiger partial charge < -0.3 is 20.2 Å². The predicted molar refractivity (Wildman–Crippen MR) is 156 cm³/mol. The number of carbonyl (C=O) groups is 4. The molecule has 2 N–H and O–H groups in total. The van der Waals surface area contributed by atoms with Crippen LogP contribution in [-0.2, 0) is 29.1 Å². The highest BCUT2D eigenvalue weighted by atomic mass is 19.1. The van der Waals surface area contributed by atoms with E-state index in [4.69, 9.17) is 0 Å². The molecule has 12 heteroatoms. The number of rotatable bonds is 9. The number of amides is 4. The number of carboxylic acids is 1. The summed E-state index contributed by atoms with van der Waals surface area (Å²) in [4.78, 5) is 55.5. The third-order valence-electron chi connectivity index (χ3n) is 7.67. The fraction of sp³-hybridized carbons (Fsp3) is 0.250. The fourth-order valence-corrected chi connectivity index (χ4v) is 5.56. The van der Waals surface area contributed by atoms with Crippen LogP contribution >= 0.6 is 0 Å². The average molecular weight is 604 g/mol.